The first kappa shape index (κ1) is 25.4. The van der Waals surface area contributed by atoms with Crippen LogP contribution in [0.5, 0.6) is 17.2 Å². The molecule has 12 heteroatoms. The Morgan fingerprint density at radius 2 is 1.89 bits per heavy atom. The number of carbonyl (C=O) groups is 2. The summed E-state index contributed by atoms with van der Waals surface area (Å²) in [5, 5.41) is 16.8. The first-order valence-electron chi connectivity index (χ1n) is 10.2. The van der Waals surface area contributed by atoms with Gasteiger partial charge in [0.1, 0.15) is 23.9 Å². The Balaban J connectivity index is 0.000000429. The van der Waals surface area contributed by atoms with Crippen molar-refractivity contribution in [3.05, 3.63) is 54.4 Å². The number of hydrogen-bond donors (Lipinski definition) is 3. The zero-order valence-electron chi connectivity index (χ0n) is 18.7. The Hall–Kier alpha value is -4.22. The summed E-state index contributed by atoms with van der Waals surface area (Å²) in [6.07, 6.45) is -0.954. The van der Waals surface area contributed by atoms with Crippen molar-refractivity contribution in [1.82, 2.24) is 10.2 Å². The minimum atomic E-state index is -5.08. The SMILES string of the molecule is COc1ccc2c(c1)CC(C(=O)Nc1ccc(-c3cn[nH]c3)cc1OC)CO2.O=C(O)C(F)(F)F. The summed E-state index contributed by atoms with van der Waals surface area (Å²) in [5.74, 6) is -1.02. The molecule has 186 valence electrons. The van der Waals surface area contributed by atoms with E-state index in [0.717, 1.165) is 28.2 Å². The van der Waals surface area contributed by atoms with Crippen molar-refractivity contribution >= 4 is 17.6 Å². The number of alkyl halides is 3. The second kappa shape index (κ2) is 10.8. The number of aromatic amines is 1. The van der Waals surface area contributed by atoms with Gasteiger partial charge in [-0.1, -0.05) is 6.07 Å². The number of rotatable bonds is 5. The van der Waals surface area contributed by atoms with E-state index in [0.29, 0.717) is 24.5 Å². The van der Waals surface area contributed by atoms with Gasteiger partial charge < -0.3 is 24.6 Å². The van der Waals surface area contributed by atoms with Crippen LogP contribution < -0.4 is 19.5 Å². The highest BCUT2D eigenvalue weighted by atomic mass is 19.4. The van der Waals surface area contributed by atoms with E-state index in [-0.39, 0.29) is 11.8 Å². The lowest BCUT2D eigenvalue weighted by Crippen LogP contribution is -2.32. The van der Waals surface area contributed by atoms with Crippen molar-refractivity contribution in [2.75, 3.05) is 26.1 Å². The largest absolute Gasteiger partial charge is 0.497 e. The Labute approximate surface area is 197 Å². The second-order valence-electron chi connectivity index (χ2n) is 7.38. The van der Waals surface area contributed by atoms with E-state index in [4.69, 9.17) is 24.1 Å². The number of carboxylic acid groups (broad SMARTS) is 1. The molecule has 0 aliphatic carbocycles. The number of carbonyl (C=O) groups excluding carboxylic acids is 1. The first-order chi connectivity index (χ1) is 16.6. The van der Waals surface area contributed by atoms with Gasteiger partial charge in [0.25, 0.3) is 0 Å². The highest BCUT2D eigenvalue weighted by Crippen LogP contribution is 2.33. The second-order valence-corrected chi connectivity index (χ2v) is 7.38. The molecule has 3 N–H and O–H groups in total. The highest BCUT2D eigenvalue weighted by molar-refractivity contribution is 5.95. The maximum absolute atomic E-state index is 12.8. The average Bonchev–Trinajstić information content (AvgIpc) is 3.38. The first-order valence-corrected chi connectivity index (χ1v) is 10.2. The van der Waals surface area contributed by atoms with Crippen LogP contribution >= 0.6 is 0 Å². The van der Waals surface area contributed by atoms with Crippen molar-refractivity contribution in [3.63, 3.8) is 0 Å². The van der Waals surface area contributed by atoms with E-state index in [2.05, 4.69) is 15.5 Å². The molecule has 35 heavy (non-hydrogen) atoms. The molecule has 0 bridgehead atoms. The molecule has 1 atom stereocenters. The van der Waals surface area contributed by atoms with Crippen molar-refractivity contribution < 1.29 is 42.1 Å². The van der Waals surface area contributed by atoms with Crippen LogP contribution in [0.1, 0.15) is 5.56 Å². The molecule has 4 rings (SSSR count). The van der Waals surface area contributed by atoms with Crippen LogP contribution in [-0.4, -0.2) is 54.2 Å². The third-order valence-corrected chi connectivity index (χ3v) is 5.08. The van der Waals surface area contributed by atoms with E-state index < -0.39 is 12.1 Å². The Morgan fingerprint density at radius 3 is 2.49 bits per heavy atom. The number of methoxy groups -OCH3 is 2. The number of aromatic nitrogens is 2. The number of nitrogens with one attached hydrogen (secondary N) is 2. The third-order valence-electron chi connectivity index (χ3n) is 5.08. The molecule has 0 fully saturated rings. The molecule has 9 nitrogen and oxygen atoms in total. The Kier molecular flexibility index (Phi) is 7.84. The van der Waals surface area contributed by atoms with Crippen LogP contribution in [0.3, 0.4) is 0 Å². The molecular weight excluding hydrogens is 471 g/mol. The van der Waals surface area contributed by atoms with Gasteiger partial charge in [0.05, 0.1) is 32.0 Å². The zero-order valence-corrected chi connectivity index (χ0v) is 18.7. The lowest BCUT2D eigenvalue weighted by atomic mass is 9.95. The van der Waals surface area contributed by atoms with Gasteiger partial charge in [-0.25, -0.2) is 4.79 Å². The van der Waals surface area contributed by atoms with Crippen molar-refractivity contribution in [2.24, 2.45) is 5.92 Å². The number of nitrogens with zero attached hydrogens (tertiary/aromatic N) is 1. The summed E-state index contributed by atoms with van der Waals surface area (Å²) in [6.45, 7) is 0.334. The fraction of sp³-hybridized carbons (Fsp3) is 0.261. The maximum atomic E-state index is 12.8. The van der Waals surface area contributed by atoms with Gasteiger partial charge in [-0.15, -0.1) is 0 Å². The van der Waals surface area contributed by atoms with Crippen molar-refractivity contribution in [2.45, 2.75) is 12.6 Å². The molecule has 0 spiro atoms. The van der Waals surface area contributed by atoms with Crippen molar-refractivity contribution in [3.8, 4) is 28.4 Å². The van der Waals surface area contributed by atoms with Crippen LogP contribution in [0.25, 0.3) is 11.1 Å². The summed E-state index contributed by atoms with van der Waals surface area (Å²) < 4.78 is 48.2. The van der Waals surface area contributed by atoms with Gasteiger partial charge >= 0.3 is 12.1 Å². The van der Waals surface area contributed by atoms with Crippen LogP contribution in [0, 0.1) is 5.92 Å². The minimum absolute atomic E-state index is 0.108. The minimum Gasteiger partial charge on any atom is -0.497 e. The van der Waals surface area contributed by atoms with Gasteiger partial charge in [0, 0.05) is 11.8 Å². The Bertz CT molecular complexity index is 1180. The smallest absolute Gasteiger partial charge is 0.490 e. The van der Waals surface area contributed by atoms with E-state index in [1.807, 2.05) is 36.4 Å². The quantitative estimate of drug-likeness (QED) is 0.492. The van der Waals surface area contributed by atoms with Gasteiger partial charge in [-0.3, -0.25) is 9.89 Å². The number of ether oxygens (including phenoxy) is 3. The van der Waals surface area contributed by atoms with Gasteiger partial charge in [-0.05, 0) is 47.9 Å². The number of carboxylic acids is 1. The van der Waals surface area contributed by atoms with E-state index in [1.54, 1.807) is 26.6 Å². The maximum Gasteiger partial charge on any atom is 0.490 e. The average molecular weight is 493 g/mol. The molecule has 1 amide bonds. The summed E-state index contributed by atoms with van der Waals surface area (Å²) in [7, 11) is 3.20. The van der Waals surface area contributed by atoms with Crippen LogP contribution in [0.15, 0.2) is 48.8 Å². The number of fused-ring (bicyclic) bond motifs is 1. The third kappa shape index (κ3) is 6.43. The van der Waals surface area contributed by atoms with Crippen LogP contribution in [0.4, 0.5) is 18.9 Å². The molecule has 2 heterocycles. The predicted octanol–water partition coefficient (Wildman–Crippen LogP) is 3.92. The fourth-order valence-corrected chi connectivity index (χ4v) is 3.28. The highest BCUT2D eigenvalue weighted by Gasteiger charge is 2.38. The number of benzene rings is 2. The standard InChI is InChI=1S/C21H21N3O4.C2HF3O2/c1-26-17-4-6-19-14(8-17)7-15(12-28-19)21(25)24-18-5-3-13(9-20(18)27-2)16-10-22-23-11-16;3-2(4,5)1(6)7/h3-6,8-11,15H,7,12H2,1-2H3,(H,22,23)(H,24,25);(H,6,7). The molecule has 0 radical (unpaired) electrons. The number of anilines is 1. The van der Waals surface area contributed by atoms with E-state index in [1.165, 1.54) is 0 Å². The Morgan fingerprint density at radius 1 is 1.14 bits per heavy atom. The molecule has 0 saturated heterocycles. The molecule has 1 unspecified atom stereocenters. The van der Waals surface area contributed by atoms with E-state index in [9.17, 15) is 18.0 Å². The van der Waals surface area contributed by atoms with Gasteiger partial charge in [-0.2, -0.15) is 18.3 Å². The topological polar surface area (TPSA) is 123 Å². The van der Waals surface area contributed by atoms with Crippen LogP contribution in [0.2, 0.25) is 0 Å². The summed E-state index contributed by atoms with van der Waals surface area (Å²) >= 11 is 0. The number of H-pyrrole nitrogens is 1. The number of amides is 1. The van der Waals surface area contributed by atoms with Crippen LogP contribution in [-0.2, 0) is 16.0 Å². The predicted molar refractivity (Wildman–Crippen MR) is 119 cm³/mol. The van der Waals surface area contributed by atoms with Crippen molar-refractivity contribution in [1.29, 1.82) is 0 Å². The summed E-state index contributed by atoms with van der Waals surface area (Å²) in [5.41, 5.74) is 3.48. The lowest BCUT2D eigenvalue weighted by molar-refractivity contribution is -0.192. The summed E-state index contributed by atoms with van der Waals surface area (Å²) in [6, 6.07) is 11.3. The number of halogens is 3. The molecule has 2 aromatic carbocycles. The number of hydrogen-bond acceptors (Lipinski definition) is 6. The zero-order chi connectivity index (χ0) is 25.6. The fourth-order valence-electron chi connectivity index (χ4n) is 3.28. The molecule has 3 aromatic rings. The molecule has 1 aliphatic heterocycles. The molecule has 1 aliphatic rings. The molecular formula is C23H22F3N3O6. The summed E-state index contributed by atoms with van der Waals surface area (Å²) in [4.78, 5) is 21.7. The number of aliphatic carboxylic acids is 1. The molecule has 0 saturated carbocycles. The van der Waals surface area contributed by atoms with Gasteiger partial charge in [0.15, 0.2) is 0 Å². The molecule has 1 aromatic heterocycles. The normalized spacial score (nSPS) is 14.5. The lowest BCUT2D eigenvalue weighted by Gasteiger charge is -2.25. The monoisotopic (exact) mass is 493 g/mol. The van der Waals surface area contributed by atoms with E-state index >= 15 is 0 Å². The van der Waals surface area contributed by atoms with Gasteiger partial charge in [0.2, 0.25) is 5.91 Å².